The van der Waals surface area contributed by atoms with Crippen LogP contribution in [0.4, 0.5) is 34.1 Å². The van der Waals surface area contributed by atoms with E-state index in [1.54, 1.807) is 0 Å². The van der Waals surface area contributed by atoms with Crippen molar-refractivity contribution >= 4 is 34.1 Å². The molecule has 0 aliphatic rings. The van der Waals surface area contributed by atoms with E-state index in [1.165, 1.54) is 22.5 Å². The van der Waals surface area contributed by atoms with Crippen molar-refractivity contribution < 1.29 is 0 Å². The number of hydrogen-bond donors (Lipinski definition) is 0. The van der Waals surface area contributed by atoms with Crippen LogP contribution in [0, 0.1) is 13.8 Å². The van der Waals surface area contributed by atoms with Gasteiger partial charge in [-0.3, -0.25) is 0 Å². The lowest BCUT2D eigenvalue weighted by Crippen LogP contribution is -2.13. The first kappa shape index (κ1) is 21.5. The molecule has 0 fully saturated rings. The van der Waals surface area contributed by atoms with E-state index in [-0.39, 0.29) is 0 Å². The third-order valence-electron chi connectivity index (χ3n) is 6.11. The molecule has 2 heteroatoms. The monoisotopic (exact) mass is 440 g/mol. The van der Waals surface area contributed by atoms with Crippen molar-refractivity contribution in [1.82, 2.24) is 0 Å². The Labute approximate surface area is 202 Å². The average molecular weight is 441 g/mol. The third kappa shape index (κ3) is 4.31. The summed E-state index contributed by atoms with van der Waals surface area (Å²) in [5, 5.41) is 0. The zero-order valence-electron chi connectivity index (χ0n) is 19.6. The summed E-state index contributed by atoms with van der Waals surface area (Å²) in [5.74, 6) is 0. The maximum absolute atomic E-state index is 2.32. The Bertz CT molecular complexity index is 1250. The Morgan fingerprint density at radius 2 is 0.618 bits per heavy atom. The summed E-state index contributed by atoms with van der Waals surface area (Å²) < 4.78 is 0. The summed E-state index contributed by atoms with van der Waals surface area (Å²) in [4.78, 5) is 4.64. The van der Waals surface area contributed by atoms with Crippen LogP contribution in [0.5, 0.6) is 0 Å². The molecule has 0 spiro atoms. The highest BCUT2D eigenvalue weighted by Crippen LogP contribution is 2.40. The van der Waals surface area contributed by atoms with E-state index < -0.39 is 0 Å². The molecule has 0 aliphatic heterocycles. The number of hydrogen-bond acceptors (Lipinski definition) is 2. The Morgan fingerprint density at radius 1 is 0.324 bits per heavy atom. The van der Waals surface area contributed by atoms with Gasteiger partial charge in [0.25, 0.3) is 0 Å². The molecular formula is C32H28N2. The minimum Gasteiger partial charge on any atom is -0.310 e. The zero-order valence-corrected chi connectivity index (χ0v) is 19.6. The summed E-state index contributed by atoms with van der Waals surface area (Å²) in [5.41, 5.74) is 9.37. The number of nitrogens with zero attached hydrogens (tertiary/aromatic N) is 2. The van der Waals surface area contributed by atoms with Crippen LogP contribution in [-0.2, 0) is 0 Å². The summed E-state index contributed by atoms with van der Waals surface area (Å²) in [6, 6.07) is 47.0. The second kappa shape index (κ2) is 9.68. The Morgan fingerprint density at radius 3 is 0.971 bits per heavy atom. The molecule has 0 N–H and O–H groups in total. The van der Waals surface area contributed by atoms with Crippen molar-refractivity contribution in [3.05, 3.63) is 145 Å². The molecule has 0 heterocycles. The molecule has 0 radical (unpaired) electrons. The van der Waals surface area contributed by atoms with Crippen LogP contribution in [0.25, 0.3) is 0 Å². The number of anilines is 6. The van der Waals surface area contributed by atoms with Crippen molar-refractivity contribution in [1.29, 1.82) is 0 Å². The molecule has 0 saturated heterocycles. The molecule has 0 bridgehead atoms. The van der Waals surface area contributed by atoms with Crippen LogP contribution in [0.3, 0.4) is 0 Å². The first-order valence-corrected chi connectivity index (χ1v) is 11.6. The first-order valence-electron chi connectivity index (χ1n) is 11.6. The SMILES string of the molecule is Cc1ccccc1N(c1ccccc1)c1ccc(N(c2ccccc2)c2ccccc2C)cc1. The lowest BCUT2D eigenvalue weighted by Gasteiger charge is -2.29. The highest BCUT2D eigenvalue weighted by Gasteiger charge is 2.17. The highest BCUT2D eigenvalue weighted by atomic mass is 15.2. The van der Waals surface area contributed by atoms with Gasteiger partial charge in [-0.05, 0) is 85.6 Å². The van der Waals surface area contributed by atoms with Gasteiger partial charge in [-0.15, -0.1) is 0 Å². The zero-order chi connectivity index (χ0) is 23.3. The quantitative estimate of drug-likeness (QED) is 0.259. The van der Waals surface area contributed by atoms with Gasteiger partial charge in [-0.2, -0.15) is 0 Å². The fourth-order valence-electron chi connectivity index (χ4n) is 4.39. The molecule has 0 aromatic heterocycles. The lowest BCUT2D eigenvalue weighted by molar-refractivity contribution is 1.23. The largest absolute Gasteiger partial charge is 0.310 e. The predicted molar refractivity (Wildman–Crippen MR) is 145 cm³/mol. The van der Waals surface area contributed by atoms with E-state index in [4.69, 9.17) is 0 Å². The second-order valence-corrected chi connectivity index (χ2v) is 8.43. The van der Waals surface area contributed by atoms with E-state index >= 15 is 0 Å². The highest BCUT2D eigenvalue weighted by molar-refractivity contribution is 5.82. The number of para-hydroxylation sites is 4. The van der Waals surface area contributed by atoms with Crippen molar-refractivity contribution in [2.75, 3.05) is 9.80 Å². The van der Waals surface area contributed by atoms with Gasteiger partial charge < -0.3 is 9.80 Å². The predicted octanol–water partition coefficient (Wildman–Crippen LogP) is 9.24. The third-order valence-corrected chi connectivity index (χ3v) is 6.11. The van der Waals surface area contributed by atoms with Crippen molar-refractivity contribution in [3.8, 4) is 0 Å². The molecule has 0 saturated carbocycles. The van der Waals surface area contributed by atoms with Gasteiger partial charge >= 0.3 is 0 Å². The fourth-order valence-corrected chi connectivity index (χ4v) is 4.39. The van der Waals surface area contributed by atoms with Gasteiger partial charge in [0.1, 0.15) is 0 Å². The smallest absolute Gasteiger partial charge is 0.0490 e. The number of rotatable bonds is 6. The van der Waals surface area contributed by atoms with E-state index in [0.717, 1.165) is 22.7 Å². The Balaban J connectivity index is 1.60. The van der Waals surface area contributed by atoms with Crippen LogP contribution < -0.4 is 9.80 Å². The van der Waals surface area contributed by atoms with E-state index in [1.807, 2.05) is 0 Å². The number of benzene rings is 5. The lowest BCUT2D eigenvalue weighted by atomic mass is 10.1. The standard InChI is InChI=1S/C32H28N2/c1-25-13-9-11-19-31(25)33(27-15-5-3-6-16-27)29-21-23-30(24-22-29)34(28-17-7-4-8-18-28)32-20-12-10-14-26(32)2/h3-24H,1-2H3. The van der Waals surface area contributed by atoms with Crippen LogP contribution in [0.15, 0.2) is 133 Å². The Kier molecular flexibility index (Phi) is 6.13. The normalized spacial score (nSPS) is 10.6. The van der Waals surface area contributed by atoms with E-state index in [0.29, 0.717) is 0 Å². The molecule has 0 unspecified atom stereocenters. The van der Waals surface area contributed by atoms with Crippen LogP contribution >= 0.6 is 0 Å². The van der Waals surface area contributed by atoms with Crippen LogP contribution in [0.2, 0.25) is 0 Å². The molecule has 0 aliphatic carbocycles. The molecule has 0 amide bonds. The van der Waals surface area contributed by atoms with Crippen molar-refractivity contribution in [2.24, 2.45) is 0 Å². The molecule has 5 aromatic rings. The van der Waals surface area contributed by atoms with Gasteiger partial charge in [0, 0.05) is 34.1 Å². The molecular weight excluding hydrogens is 412 g/mol. The van der Waals surface area contributed by atoms with Crippen molar-refractivity contribution in [2.45, 2.75) is 13.8 Å². The summed E-state index contributed by atoms with van der Waals surface area (Å²) in [7, 11) is 0. The molecule has 5 aromatic carbocycles. The minimum atomic E-state index is 1.13. The van der Waals surface area contributed by atoms with Crippen LogP contribution in [0.1, 0.15) is 11.1 Å². The Hall–Kier alpha value is -4.30. The average Bonchev–Trinajstić information content (AvgIpc) is 2.89. The molecule has 0 atom stereocenters. The van der Waals surface area contributed by atoms with E-state index in [9.17, 15) is 0 Å². The van der Waals surface area contributed by atoms with Gasteiger partial charge in [-0.25, -0.2) is 0 Å². The van der Waals surface area contributed by atoms with Crippen LogP contribution in [-0.4, -0.2) is 0 Å². The van der Waals surface area contributed by atoms with Gasteiger partial charge in [-0.1, -0.05) is 72.8 Å². The second-order valence-electron chi connectivity index (χ2n) is 8.43. The summed E-state index contributed by atoms with van der Waals surface area (Å²) in [6.07, 6.45) is 0. The van der Waals surface area contributed by atoms with Gasteiger partial charge in [0.2, 0.25) is 0 Å². The van der Waals surface area contributed by atoms with Gasteiger partial charge in [0.15, 0.2) is 0 Å². The molecule has 166 valence electrons. The summed E-state index contributed by atoms with van der Waals surface area (Å²) >= 11 is 0. The minimum absolute atomic E-state index is 1.13. The molecule has 2 nitrogen and oxygen atoms in total. The maximum atomic E-state index is 2.32. The number of aryl methyl sites for hydroxylation is 2. The molecule has 34 heavy (non-hydrogen) atoms. The fraction of sp³-hybridized carbons (Fsp3) is 0.0625. The first-order chi connectivity index (χ1) is 16.7. The van der Waals surface area contributed by atoms with E-state index in [2.05, 4.69) is 157 Å². The van der Waals surface area contributed by atoms with Crippen molar-refractivity contribution in [3.63, 3.8) is 0 Å². The maximum Gasteiger partial charge on any atom is 0.0490 e. The van der Waals surface area contributed by atoms with Gasteiger partial charge in [0.05, 0.1) is 0 Å². The topological polar surface area (TPSA) is 6.48 Å². The molecule has 5 rings (SSSR count). The summed E-state index contributed by atoms with van der Waals surface area (Å²) in [6.45, 7) is 4.32.